The highest BCUT2D eigenvalue weighted by molar-refractivity contribution is 6.53. The molecule has 2 aromatic rings. The third-order valence-electron chi connectivity index (χ3n) is 5.14. The zero-order valence-corrected chi connectivity index (χ0v) is 18.1. The minimum Gasteiger partial charge on any atom is -0.455 e. The number of halogens is 2. The van der Waals surface area contributed by atoms with Crippen molar-refractivity contribution < 1.29 is 19.1 Å². The molecule has 158 valence electrons. The fourth-order valence-electron chi connectivity index (χ4n) is 2.99. The van der Waals surface area contributed by atoms with E-state index in [0.717, 1.165) is 5.56 Å². The second-order valence-electron chi connectivity index (χ2n) is 7.49. The zero-order valence-electron chi connectivity index (χ0n) is 16.6. The first kappa shape index (κ1) is 22.1. The lowest BCUT2D eigenvalue weighted by molar-refractivity contribution is -0.152. The Bertz CT molecular complexity index is 965. The number of benzene rings is 2. The van der Waals surface area contributed by atoms with E-state index < -0.39 is 28.2 Å². The minimum absolute atomic E-state index is 0.214. The molecule has 0 aliphatic heterocycles. The van der Waals surface area contributed by atoms with Gasteiger partial charge in [0.2, 0.25) is 0 Å². The van der Waals surface area contributed by atoms with Crippen LogP contribution in [0.4, 0.5) is 5.69 Å². The molecule has 8 heteroatoms. The largest absolute Gasteiger partial charge is 0.455 e. The maximum atomic E-state index is 12.7. The molecular weight excluding hydrogens is 427 g/mol. The summed E-state index contributed by atoms with van der Waals surface area (Å²) in [6, 6.07) is 15.9. The summed E-state index contributed by atoms with van der Waals surface area (Å²) in [7, 11) is 0. The molecule has 2 amide bonds. The molecule has 1 aliphatic rings. The Morgan fingerprint density at radius 2 is 1.67 bits per heavy atom. The number of anilines is 1. The number of alkyl halides is 2. The molecule has 1 saturated carbocycles. The van der Waals surface area contributed by atoms with Gasteiger partial charge < -0.3 is 15.4 Å². The van der Waals surface area contributed by atoms with Gasteiger partial charge in [0, 0.05) is 6.42 Å². The Balaban J connectivity index is 1.60. The number of nitrogens with one attached hydrogen (secondary N) is 2. The summed E-state index contributed by atoms with van der Waals surface area (Å²) < 4.78 is 3.87. The molecule has 0 heterocycles. The number of amides is 2. The van der Waals surface area contributed by atoms with E-state index in [4.69, 9.17) is 27.9 Å². The van der Waals surface area contributed by atoms with Crippen molar-refractivity contribution in [3.8, 4) is 0 Å². The van der Waals surface area contributed by atoms with Crippen molar-refractivity contribution in [2.24, 2.45) is 5.41 Å². The standard InChI is InChI=1S/C22H22Cl2N2O4/c1-14(15-8-4-3-5-9-15)25-19(28)16-10-6-7-11-17(16)26-18(27)12-30-20(29)21(2)13-22(21,23)24/h3-11,14H,12-13H2,1-2H3,(H,25,28)(H,26,27)/t14-,21-/m1/s1. The van der Waals surface area contributed by atoms with Crippen molar-refractivity contribution in [1.29, 1.82) is 0 Å². The maximum absolute atomic E-state index is 12.7. The lowest BCUT2D eigenvalue weighted by atomic mass is 10.1. The van der Waals surface area contributed by atoms with Crippen LogP contribution in [0.5, 0.6) is 0 Å². The van der Waals surface area contributed by atoms with Crippen molar-refractivity contribution in [3.05, 3.63) is 65.7 Å². The van der Waals surface area contributed by atoms with E-state index in [1.165, 1.54) is 0 Å². The molecule has 1 aliphatic carbocycles. The van der Waals surface area contributed by atoms with Gasteiger partial charge in [0.15, 0.2) is 6.61 Å². The number of carbonyl (C=O) groups is 3. The van der Waals surface area contributed by atoms with Gasteiger partial charge in [-0.1, -0.05) is 42.5 Å². The SMILES string of the molecule is C[C@@H](NC(=O)c1ccccc1NC(=O)COC(=O)[C@@]1(C)CC1(Cl)Cl)c1ccccc1. The molecule has 0 saturated heterocycles. The second kappa shape index (κ2) is 8.66. The molecule has 2 atom stereocenters. The Kier molecular flexibility index (Phi) is 6.38. The van der Waals surface area contributed by atoms with Crippen LogP contribution in [0.15, 0.2) is 54.6 Å². The third kappa shape index (κ3) is 4.77. The monoisotopic (exact) mass is 448 g/mol. The normalized spacial score (nSPS) is 20.0. The maximum Gasteiger partial charge on any atom is 0.315 e. The van der Waals surface area contributed by atoms with E-state index in [2.05, 4.69) is 10.6 Å². The minimum atomic E-state index is -1.17. The van der Waals surface area contributed by atoms with E-state index in [1.54, 1.807) is 31.2 Å². The van der Waals surface area contributed by atoms with E-state index in [0.29, 0.717) is 11.3 Å². The average Bonchev–Trinajstić information content (AvgIpc) is 3.25. The van der Waals surface area contributed by atoms with E-state index in [-0.39, 0.29) is 18.4 Å². The van der Waals surface area contributed by atoms with Gasteiger partial charge in [0.05, 0.1) is 17.3 Å². The van der Waals surface area contributed by atoms with Gasteiger partial charge in [-0.2, -0.15) is 0 Å². The van der Waals surface area contributed by atoms with Crippen LogP contribution in [-0.4, -0.2) is 28.7 Å². The molecule has 1 fully saturated rings. The Hall–Kier alpha value is -2.57. The number of carbonyl (C=O) groups excluding carboxylic acids is 3. The zero-order chi connectivity index (χ0) is 21.9. The van der Waals surface area contributed by atoms with Gasteiger partial charge in [0.1, 0.15) is 9.75 Å². The van der Waals surface area contributed by atoms with Crippen molar-refractivity contribution in [2.45, 2.75) is 30.6 Å². The highest BCUT2D eigenvalue weighted by Crippen LogP contribution is 2.64. The van der Waals surface area contributed by atoms with Crippen LogP contribution < -0.4 is 10.6 Å². The van der Waals surface area contributed by atoms with Crippen LogP contribution in [-0.2, 0) is 14.3 Å². The van der Waals surface area contributed by atoms with Gasteiger partial charge in [-0.3, -0.25) is 14.4 Å². The van der Waals surface area contributed by atoms with E-state index in [9.17, 15) is 14.4 Å². The molecule has 0 unspecified atom stereocenters. The van der Waals surface area contributed by atoms with Gasteiger partial charge in [-0.25, -0.2) is 0 Å². The molecule has 0 bridgehead atoms. The summed E-state index contributed by atoms with van der Waals surface area (Å²) in [5.41, 5.74) is 0.567. The Morgan fingerprint density at radius 1 is 1.07 bits per heavy atom. The van der Waals surface area contributed by atoms with Crippen LogP contribution in [0.25, 0.3) is 0 Å². The molecule has 2 N–H and O–H groups in total. The topological polar surface area (TPSA) is 84.5 Å². The Labute approximate surface area is 184 Å². The number of hydrogen-bond acceptors (Lipinski definition) is 4. The molecule has 0 spiro atoms. The summed E-state index contributed by atoms with van der Waals surface area (Å²) >= 11 is 11.9. The van der Waals surface area contributed by atoms with Crippen LogP contribution in [0.1, 0.15) is 42.2 Å². The van der Waals surface area contributed by atoms with Gasteiger partial charge in [-0.15, -0.1) is 23.2 Å². The van der Waals surface area contributed by atoms with Crippen LogP contribution in [0.2, 0.25) is 0 Å². The fourth-order valence-corrected chi connectivity index (χ4v) is 3.68. The van der Waals surface area contributed by atoms with Crippen molar-refractivity contribution in [3.63, 3.8) is 0 Å². The van der Waals surface area contributed by atoms with Crippen molar-refractivity contribution >= 4 is 46.7 Å². The number of rotatable bonds is 7. The van der Waals surface area contributed by atoms with Gasteiger partial charge in [0.25, 0.3) is 11.8 Å². The fraction of sp³-hybridized carbons (Fsp3) is 0.318. The highest BCUT2D eigenvalue weighted by atomic mass is 35.5. The highest BCUT2D eigenvalue weighted by Gasteiger charge is 2.69. The van der Waals surface area contributed by atoms with Crippen LogP contribution >= 0.6 is 23.2 Å². The van der Waals surface area contributed by atoms with Crippen LogP contribution in [0.3, 0.4) is 0 Å². The first-order valence-corrected chi connectivity index (χ1v) is 10.2. The lowest BCUT2D eigenvalue weighted by Crippen LogP contribution is -2.29. The van der Waals surface area contributed by atoms with Gasteiger partial charge in [-0.05, 0) is 31.5 Å². The van der Waals surface area contributed by atoms with Crippen molar-refractivity contribution in [2.75, 3.05) is 11.9 Å². The second-order valence-corrected chi connectivity index (χ2v) is 8.97. The summed E-state index contributed by atoms with van der Waals surface area (Å²) in [5, 5.41) is 5.52. The lowest BCUT2D eigenvalue weighted by Gasteiger charge is -2.16. The summed E-state index contributed by atoms with van der Waals surface area (Å²) in [4.78, 5) is 37.1. The first-order chi connectivity index (χ1) is 14.1. The molecule has 0 radical (unpaired) electrons. The number of esters is 1. The molecule has 6 nitrogen and oxygen atoms in total. The predicted molar refractivity (Wildman–Crippen MR) is 116 cm³/mol. The van der Waals surface area contributed by atoms with Gasteiger partial charge >= 0.3 is 5.97 Å². The molecule has 30 heavy (non-hydrogen) atoms. The smallest absolute Gasteiger partial charge is 0.315 e. The molecule has 0 aromatic heterocycles. The van der Waals surface area contributed by atoms with E-state index in [1.807, 2.05) is 37.3 Å². The summed E-state index contributed by atoms with van der Waals surface area (Å²) in [6.07, 6.45) is 0.270. The molecule has 2 aromatic carbocycles. The molecular formula is C22H22Cl2N2O4. The van der Waals surface area contributed by atoms with Crippen molar-refractivity contribution in [1.82, 2.24) is 5.32 Å². The van der Waals surface area contributed by atoms with E-state index >= 15 is 0 Å². The first-order valence-electron chi connectivity index (χ1n) is 9.44. The Morgan fingerprint density at radius 3 is 2.30 bits per heavy atom. The average molecular weight is 449 g/mol. The predicted octanol–water partition coefficient (Wildman–Crippen LogP) is 4.24. The summed E-state index contributed by atoms with van der Waals surface area (Å²) in [6.45, 7) is 2.95. The quantitative estimate of drug-likeness (QED) is 0.489. The van der Waals surface area contributed by atoms with Crippen LogP contribution in [0, 0.1) is 5.41 Å². The molecule has 3 rings (SSSR count). The number of ether oxygens (including phenoxy) is 1. The number of para-hydroxylation sites is 1. The number of hydrogen-bond donors (Lipinski definition) is 2. The third-order valence-corrected chi connectivity index (χ3v) is 6.24. The summed E-state index contributed by atoms with van der Waals surface area (Å²) in [5.74, 6) is -1.54.